The Balaban J connectivity index is 2.82. The normalized spacial score (nSPS) is 16.0. The summed E-state index contributed by atoms with van der Waals surface area (Å²) >= 11 is 0. The molecular weight excluding hydrogens is 412 g/mol. The summed E-state index contributed by atoms with van der Waals surface area (Å²) in [5.74, 6) is -4.14. The van der Waals surface area contributed by atoms with Crippen molar-refractivity contribution in [3.05, 3.63) is 18.2 Å². The van der Waals surface area contributed by atoms with Gasteiger partial charge in [0.2, 0.25) is 17.7 Å². The molecule has 0 aromatic carbocycles. The minimum atomic E-state index is -1.52. The van der Waals surface area contributed by atoms with Crippen molar-refractivity contribution in [3.8, 4) is 0 Å². The van der Waals surface area contributed by atoms with Crippen LogP contribution in [-0.4, -0.2) is 85.9 Å². The second-order valence-electron chi connectivity index (χ2n) is 7.42. The second kappa shape index (κ2) is 12.0. The van der Waals surface area contributed by atoms with Gasteiger partial charge in [0.1, 0.15) is 18.1 Å². The molecule has 0 aliphatic heterocycles. The molecule has 0 radical (unpaired) electrons. The number of aliphatic carboxylic acids is 1. The third-order valence-corrected chi connectivity index (χ3v) is 4.49. The highest BCUT2D eigenvalue weighted by atomic mass is 16.4. The molecule has 0 aliphatic carbocycles. The minimum Gasteiger partial charge on any atom is -0.480 e. The smallest absolute Gasteiger partial charge is 0.326 e. The van der Waals surface area contributed by atoms with Crippen LogP contribution in [-0.2, 0) is 25.6 Å². The number of carboxylic acids is 1. The molecule has 0 saturated carbocycles. The van der Waals surface area contributed by atoms with Crippen LogP contribution in [0.1, 0.15) is 26.5 Å². The summed E-state index contributed by atoms with van der Waals surface area (Å²) < 4.78 is 0. The Kier molecular flexibility index (Phi) is 10.0. The summed E-state index contributed by atoms with van der Waals surface area (Å²) in [6, 6.07) is -5.24. The maximum Gasteiger partial charge on any atom is 0.326 e. The van der Waals surface area contributed by atoms with Crippen LogP contribution < -0.4 is 21.7 Å². The fourth-order valence-corrected chi connectivity index (χ4v) is 2.50. The van der Waals surface area contributed by atoms with Crippen LogP contribution in [0.4, 0.5) is 0 Å². The molecule has 0 aliphatic rings. The molecule has 5 atom stereocenters. The molecule has 1 aromatic heterocycles. The Bertz CT molecular complexity index is 753. The zero-order valence-corrected chi connectivity index (χ0v) is 17.5. The van der Waals surface area contributed by atoms with Crippen molar-refractivity contribution in [1.82, 2.24) is 25.9 Å². The van der Waals surface area contributed by atoms with Crippen LogP contribution in [0, 0.1) is 5.92 Å². The number of H-pyrrole nitrogens is 1. The molecular formula is C18H30N6O7. The molecule has 174 valence electrons. The first-order chi connectivity index (χ1) is 14.5. The molecule has 9 N–H and O–H groups in total. The van der Waals surface area contributed by atoms with E-state index in [0.29, 0.717) is 5.69 Å². The van der Waals surface area contributed by atoms with Gasteiger partial charge in [-0.2, -0.15) is 0 Å². The van der Waals surface area contributed by atoms with E-state index in [1.54, 1.807) is 13.8 Å². The highest BCUT2D eigenvalue weighted by Gasteiger charge is 2.32. The molecule has 13 heteroatoms. The van der Waals surface area contributed by atoms with E-state index in [-0.39, 0.29) is 12.3 Å². The number of nitrogens with two attached hydrogens (primary N) is 1. The molecule has 13 nitrogen and oxygen atoms in total. The Hall–Kier alpha value is -3.03. The highest BCUT2D eigenvalue weighted by Crippen LogP contribution is 2.03. The first-order valence-corrected chi connectivity index (χ1v) is 9.63. The SMILES string of the molecule is CC(C)C(N)C(=O)NC(C(=O)NC(CO)C(=O)NC(Cc1cnc[nH]1)C(=O)O)C(C)O. The fourth-order valence-electron chi connectivity index (χ4n) is 2.50. The van der Waals surface area contributed by atoms with Crippen molar-refractivity contribution in [1.29, 1.82) is 0 Å². The predicted octanol–water partition coefficient (Wildman–Crippen LogP) is -3.15. The Morgan fingerprint density at radius 1 is 1.06 bits per heavy atom. The summed E-state index contributed by atoms with van der Waals surface area (Å²) in [5.41, 5.74) is 6.19. The number of nitrogens with zero attached hydrogens (tertiary/aromatic N) is 1. The van der Waals surface area contributed by atoms with E-state index in [0.717, 1.165) is 0 Å². The van der Waals surface area contributed by atoms with Gasteiger partial charge >= 0.3 is 5.97 Å². The van der Waals surface area contributed by atoms with Crippen molar-refractivity contribution in [2.75, 3.05) is 6.61 Å². The van der Waals surface area contributed by atoms with Gasteiger partial charge < -0.3 is 42.0 Å². The summed E-state index contributed by atoms with van der Waals surface area (Å²) in [6.45, 7) is 3.82. The lowest BCUT2D eigenvalue weighted by molar-refractivity contribution is -0.142. The number of aliphatic hydroxyl groups excluding tert-OH is 2. The number of nitrogens with one attached hydrogen (secondary N) is 4. The van der Waals surface area contributed by atoms with E-state index in [2.05, 4.69) is 25.9 Å². The number of hydrogen-bond acceptors (Lipinski definition) is 8. The molecule has 0 saturated heterocycles. The molecule has 0 fully saturated rings. The quantitative estimate of drug-likeness (QED) is 0.163. The lowest BCUT2D eigenvalue weighted by Crippen LogP contribution is -2.61. The summed E-state index contributed by atoms with van der Waals surface area (Å²) in [4.78, 5) is 55.0. The monoisotopic (exact) mass is 442 g/mol. The maximum atomic E-state index is 12.5. The van der Waals surface area contributed by atoms with Gasteiger partial charge in [0.15, 0.2) is 0 Å². The number of carbonyl (C=O) groups is 4. The van der Waals surface area contributed by atoms with E-state index in [1.165, 1.54) is 19.4 Å². The molecule has 3 amide bonds. The van der Waals surface area contributed by atoms with Gasteiger partial charge in [-0.05, 0) is 12.8 Å². The molecule has 31 heavy (non-hydrogen) atoms. The molecule has 1 rings (SSSR count). The Labute approximate surface area is 178 Å². The Morgan fingerprint density at radius 3 is 2.13 bits per heavy atom. The van der Waals surface area contributed by atoms with Crippen LogP contribution in [0.2, 0.25) is 0 Å². The number of rotatable bonds is 12. The lowest BCUT2D eigenvalue weighted by Gasteiger charge is -2.26. The molecule has 5 unspecified atom stereocenters. The molecule has 0 bridgehead atoms. The van der Waals surface area contributed by atoms with Crippen LogP contribution >= 0.6 is 0 Å². The van der Waals surface area contributed by atoms with E-state index in [9.17, 15) is 34.5 Å². The average Bonchev–Trinajstić information content (AvgIpc) is 3.21. The van der Waals surface area contributed by atoms with Crippen LogP contribution in [0.5, 0.6) is 0 Å². The second-order valence-corrected chi connectivity index (χ2v) is 7.42. The van der Waals surface area contributed by atoms with Crippen molar-refractivity contribution in [3.63, 3.8) is 0 Å². The number of amides is 3. The standard InChI is InChI=1S/C18H30N6O7/c1-8(2)13(19)16(28)24-14(9(3)26)17(29)23-12(6-25)15(27)22-11(18(30)31)4-10-5-20-7-21-10/h5,7-9,11-14,25-26H,4,6,19H2,1-3H3,(H,20,21)(H,22,27)(H,23,29)(H,24,28)(H,30,31). The third kappa shape index (κ3) is 7.96. The van der Waals surface area contributed by atoms with Crippen molar-refractivity contribution < 1.29 is 34.5 Å². The molecule has 1 heterocycles. The number of aliphatic hydroxyl groups is 2. The number of hydrogen-bond donors (Lipinski definition) is 8. The number of aromatic nitrogens is 2. The zero-order valence-electron chi connectivity index (χ0n) is 17.5. The average molecular weight is 442 g/mol. The predicted molar refractivity (Wildman–Crippen MR) is 107 cm³/mol. The summed E-state index contributed by atoms with van der Waals surface area (Å²) in [7, 11) is 0. The van der Waals surface area contributed by atoms with Gasteiger partial charge in [0.25, 0.3) is 0 Å². The third-order valence-electron chi connectivity index (χ3n) is 4.49. The van der Waals surface area contributed by atoms with Crippen molar-refractivity contribution in [2.24, 2.45) is 11.7 Å². The largest absolute Gasteiger partial charge is 0.480 e. The fraction of sp³-hybridized carbons (Fsp3) is 0.611. The van der Waals surface area contributed by atoms with Gasteiger partial charge in [-0.25, -0.2) is 9.78 Å². The van der Waals surface area contributed by atoms with Gasteiger partial charge in [-0.3, -0.25) is 14.4 Å². The van der Waals surface area contributed by atoms with E-state index in [4.69, 9.17) is 5.73 Å². The highest BCUT2D eigenvalue weighted by molar-refractivity contribution is 5.94. The minimum absolute atomic E-state index is 0.105. The number of imidazole rings is 1. The molecule has 0 spiro atoms. The first kappa shape index (κ1) is 26.0. The van der Waals surface area contributed by atoms with Crippen molar-refractivity contribution in [2.45, 2.75) is 57.5 Å². The number of carboxylic acid groups (broad SMARTS) is 1. The van der Waals surface area contributed by atoms with Gasteiger partial charge in [-0.15, -0.1) is 0 Å². The lowest BCUT2D eigenvalue weighted by atomic mass is 10.0. The summed E-state index contributed by atoms with van der Waals surface area (Å²) in [5, 5.41) is 35.4. The van der Waals surface area contributed by atoms with Gasteiger partial charge in [0, 0.05) is 18.3 Å². The van der Waals surface area contributed by atoms with E-state index < -0.39 is 60.6 Å². The van der Waals surface area contributed by atoms with Crippen LogP contribution in [0.25, 0.3) is 0 Å². The molecule has 1 aromatic rings. The van der Waals surface area contributed by atoms with Gasteiger partial charge in [-0.1, -0.05) is 13.8 Å². The summed E-state index contributed by atoms with van der Waals surface area (Å²) in [6.07, 6.45) is 1.30. The number of aromatic amines is 1. The maximum absolute atomic E-state index is 12.5. The Morgan fingerprint density at radius 2 is 1.68 bits per heavy atom. The van der Waals surface area contributed by atoms with E-state index >= 15 is 0 Å². The first-order valence-electron chi connectivity index (χ1n) is 9.63. The van der Waals surface area contributed by atoms with Gasteiger partial charge in [0.05, 0.1) is 25.1 Å². The zero-order chi connectivity index (χ0) is 23.7. The van der Waals surface area contributed by atoms with Crippen LogP contribution in [0.15, 0.2) is 12.5 Å². The van der Waals surface area contributed by atoms with Crippen molar-refractivity contribution >= 4 is 23.7 Å². The number of carbonyl (C=O) groups excluding carboxylic acids is 3. The topological polar surface area (TPSA) is 220 Å². The van der Waals surface area contributed by atoms with E-state index in [1.807, 2.05) is 0 Å². The van der Waals surface area contributed by atoms with Crippen LogP contribution in [0.3, 0.4) is 0 Å².